The Labute approximate surface area is 167 Å². The van der Waals surface area contributed by atoms with Gasteiger partial charge < -0.3 is 10.1 Å². The number of piperidine rings is 1. The fraction of sp³-hybridized carbons (Fsp3) is 0.600. The van der Waals surface area contributed by atoms with E-state index in [1.807, 2.05) is 13.8 Å². The molecule has 1 heterocycles. The molecule has 1 unspecified atom stereocenters. The van der Waals surface area contributed by atoms with Crippen LogP contribution in [0.1, 0.15) is 61.9 Å². The normalized spacial score (nSPS) is 16.4. The molecule has 0 spiro atoms. The van der Waals surface area contributed by atoms with Gasteiger partial charge in [-0.15, -0.1) is 0 Å². The average Bonchev–Trinajstić information content (AvgIpc) is 2.67. The number of benzene rings is 1. The minimum Gasteiger partial charge on any atom is -0.452 e. The molecule has 2 rings (SSSR count). The zero-order chi connectivity index (χ0) is 20.7. The molecule has 156 valence electrons. The van der Waals surface area contributed by atoms with Crippen LogP contribution in [0.15, 0.2) is 23.1 Å². The monoisotopic (exact) mass is 410 g/mol. The van der Waals surface area contributed by atoms with Gasteiger partial charge in [-0.1, -0.05) is 25.8 Å². The van der Waals surface area contributed by atoms with Gasteiger partial charge in [0.05, 0.1) is 10.5 Å². The highest BCUT2D eigenvalue weighted by molar-refractivity contribution is 7.89. The van der Waals surface area contributed by atoms with E-state index in [0.29, 0.717) is 18.7 Å². The topological polar surface area (TPSA) is 92.8 Å². The van der Waals surface area contributed by atoms with Gasteiger partial charge in [-0.2, -0.15) is 4.31 Å². The van der Waals surface area contributed by atoms with Crippen LogP contribution in [0.25, 0.3) is 0 Å². The van der Waals surface area contributed by atoms with E-state index in [1.54, 1.807) is 13.0 Å². The van der Waals surface area contributed by atoms with Gasteiger partial charge in [-0.3, -0.25) is 4.79 Å². The lowest BCUT2D eigenvalue weighted by molar-refractivity contribution is -0.124. The summed E-state index contributed by atoms with van der Waals surface area (Å²) in [5.41, 5.74) is 0.698. The maximum absolute atomic E-state index is 12.9. The largest absolute Gasteiger partial charge is 0.452 e. The standard InChI is InChI=1S/C20H30N2O5S/c1-4-8-16(3)21-19(23)14-27-20(24)17-10-9-15(2)18(13-17)28(25,26)22-11-6-5-7-12-22/h9-10,13,16H,4-8,11-12,14H2,1-3H3,(H,21,23). The van der Waals surface area contributed by atoms with Crippen molar-refractivity contribution in [3.05, 3.63) is 29.3 Å². The predicted molar refractivity (Wildman–Crippen MR) is 107 cm³/mol. The van der Waals surface area contributed by atoms with Gasteiger partial charge in [0, 0.05) is 19.1 Å². The molecular formula is C20H30N2O5S. The van der Waals surface area contributed by atoms with E-state index in [0.717, 1.165) is 32.1 Å². The first-order valence-electron chi connectivity index (χ1n) is 9.83. The van der Waals surface area contributed by atoms with Crippen molar-refractivity contribution in [3.63, 3.8) is 0 Å². The summed E-state index contributed by atoms with van der Waals surface area (Å²) in [6, 6.07) is 4.47. The molecule has 1 aromatic carbocycles. The molecule has 28 heavy (non-hydrogen) atoms. The summed E-state index contributed by atoms with van der Waals surface area (Å²) < 4.78 is 32.4. The number of hydrogen-bond acceptors (Lipinski definition) is 5. The van der Waals surface area contributed by atoms with Crippen molar-refractivity contribution in [2.45, 2.75) is 63.8 Å². The van der Waals surface area contributed by atoms with Crippen LogP contribution in [0.3, 0.4) is 0 Å². The zero-order valence-electron chi connectivity index (χ0n) is 16.9. The third-order valence-electron chi connectivity index (χ3n) is 4.82. The first-order valence-corrected chi connectivity index (χ1v) is 11.3. The molecule has 1 saturated heterocycles. The maximum atomic E-state index is 12.9. The van der Waals surface area contributed by atoms with Gasteiger partial charge in [0.2, 0.25) is 10.0 Å². The first-order chi connectivity index (χ1) is 13.3. The number of aryl methyl sites for hydroxylation is 1. The van der Waals surface area contributed by atoms with Crippen molar-refractivity contribution in [2.24, 2.45) is 0 Å². The van der Waals surface area contributed by atoms with Crippen molar-refractivity contribution in [1.82, 2.24) is 9.62 Å². The highest BCUT2D eigenvalue weighted by Gasteiger charge is 2.28. The Morgan fingerprint density at radius 3 is 2.54 bits per heavy atom. The van der Waals surface area contributed by atoms with E-state index in [9.17, 15) is 18.0 Å². The Hall–Kier alpha value is -1.93. The van der Waals surface area contributed by atoms with Crippen LogP contribution in [0.5, 0.6) is 0 Å². The number of nitrogens with zero attached hydrogens (tertiary/aromatic N) is 1. The molecule has 0 aliphatic carbocycles. The minimum absolute atomic E-state index is 0.0110. The number of hydrogen-bond donors (Lipinski definition) is 1. The van der Waals surface area contributed by atoms with Gasteiger partial charge in [0.1, 0.15) is 0 Å². The Bertz CT molecular complexity index is 801. The molecule has 8 heteroatoms. The SMILES string of the molecule is CCCC(C)NC(=O)COC(=O)c1ccc(C)c(S(=O)(=O)N2CCCCC2)c1. The Balaban J connectivity index is 2.07. The molecule has 0 bridgehead atoms. The lowest BCUT2D eigenvalue weighted by Crippen LogP contribution is -2.36. The number of nitrogens with one attached hydrogen (secondary N) is 1. The second-order valence-electron chi connectivity index (χ2n) is 7.28. The lowest BCUT2D eigenvalue weighted by atomic mass is 10.1. The number of carbonyl (C=O) groups is 2. The minimum atomic E-state index is -3.66. The molecule has 0 radical (unpaired) electrons. The van der Waals surface area contributed by atoms with Gasteiger partial charge in [0.15, 0.2) is 6.61 Å². The summed E-state index contributed by atoms with van der Waals surface area (Å²) in [6.45, 7) is 6.21. The van der Waals surface area contributed by atoms with Crippen molar-refractivity contribution in [3.8, 4) is 0 Å². The van der Waals surface area contributed by atoms with Crippen molar-refractivity contribution in [1.29, 1.82) is 0 Å². The van der Waals surface area contributed by atoms with Crippen LogP contribution in [0.4, 0.5) is 0 Å². The van der Waals surface area contributed by atoms with Crippen molar-refractivity contribution >= 4 is 21.9 Å². The van der Waals surface area contributed by atoms with Gasteiger partial charge in [-0.05, 0) is 50.8 Å². The maximum Gasteiger partial charge on any atom is 0.338 e. The second-order valence-corrected chi connectivity index (χ2v) is 9.18. The van der Waals surface area contributed by atoms with Crippen LogP contribution < -0.4 is 5.32 Å². The van der Waals surface area contributed by atoms with Crippen LogP contribution in [0.2, 0.25) is 0 Å². The Kier molecular flexibility index (Phi) is 8.00. The highest BCUT2D eigenvalue weighted by atomic mass is 32.2. The van der Waals surface area contributed by atoms with E-state index in [1.165, 1.54) is 16.4 Å². The third-order valence-corrected chi connectivity index (χ3v) is 6.86. The molecule has 1 aliphatic heterocycles. The summed E-state index contributed by atoms with van der Waals surface area (Å²) in [5, 5.41) is 2.76. The summed E-state index contributed by atoms with van der Waals surface area (Å²) in [5.74, 6) is -1.09. The molecule has 1 aromatic rings. The van der Waals surface area contributed by atoms with E-state index in [2.05, 4.69) is 5.32 Å². The van der Waals surface area contributed by atoms with Crippen LogP contribution in [-0.2, 0) is 19.6 Å². The molecule has 0 aromatic heterocycles. The smallest absolute Gasteiger partial charge is 0.338 e. The first kappa shape index (κ1) is 22.4. The molecule has 1 atom stereocenters. The summed E-state index contributed by atoms with van der Waals surface area (Å²) in [7, 11) is -3.66. The molecule has 1 aliphatic rings. The van der Waals surface area contributed by atoms with E-state index < -0.39 is 22.6 Å². The number of carbonyl (C=O) groups excluding carboxylic acids is 2. The zero-order valence-corrected chi connectivity index (χ0v) is 17.7. The molecule has 1 N–H and O–H groups in total. The molecule has 7 nitrogen and oxygen atoms in total. The summed E-state index contributed by atoms with van der Waals surface area (Å²) >= 11 is 0. The molecular weight excluding hydrogens is 380 g/mol. The lowest BCUT2D eigenvalue weighted by Gasteiger charge is -2.26. The van der Waals surface area contributed by atoms with E-state index in [4.69, 9.17) is 4.74 Å². The number of ether oxygens (including phenoxy) is 1. The fourth-order valence-corrected chi connectivity index (χ4v) is 5.05. The quantitative estimate of drug-likeness (QED) is 0.665. The number of esters is 1. The van der Waals surface area contributed by atoms with Gasteiger partial charge in [0.25, 0.3) is 5.91 Å². The Morgan fingerprint density at radius 2 is 1.89 bits per heavy atom. The van der Waals surface area contributed by atoms with Crippen molar-refractivity contribution < 1.29 is 22.7 Å². The second kappa shape index (κ2) is 10.0. The van der Waals surface area contributed by atoms with Crippen molar-refractivity contribution in [2.75, 3.05) is 19.7 Å². The number of rotatable bonds is 8. The predicted octanol–water partition coefficient (Wildman–Crippen LogP) is 2.63. The summed E-state index contributed by atoms with van der Waals surface area (Å²) in [4.78, 5) is 24.3. The van der Waals surface area contributed by atoms with E-state index >= 15 is 0 Å². The Morgan fingerprint density at radius 1 is 1.21 bits per heavy atom. The molecule has 0 saturated carbocycles. The number of amides is 1. The molecule has 1 fully saturated rings. The highest BCUT2D eigenvalue weighted by Crippen LogP contribution is 2.24. The molecule has 1 amide bonds. The fourth-order valence-electron chi connectivity index (χ4n) is 3.29. The average molecular weight is 411 g/mol. The van der Waals surface area contributed by atoms with Crippen LogP contribution in [-0.4, -0.2) is 50.3 Å². The van der Waals surface area contributed by atoms with Crippen LogP contribution >= 0.6 is 0 Å². The van der Waals surface area contributed by atoms with Gasteiger partial charge >= 0.3 is 5.97 Å². The third kappa shape index (κ3) is 5.78. The summed E-state index contributed by atoms with van der Waals surface area (Å²) in [6.07, 6.45) is 4.49. The van der Waals surface area contributed by atoms with Crippen LogP contribution in [0, 0.1) is 6.92 Å². The van der Waals surface area contributed by atoms with Gasteiger partial charge in [-0.25, -0.2) is 13.2 Å². The number of sulfonamides is 1. The van der Waals surface area contributed by atoms with E-state index in [-0.39, 0.29) is 22.4 Å².